The van der Waals surface area contributed by atoms with Gasteiger partial charge in [-0.15, -0.1) is 0 Å². The average molecular weight is 546 g/mol. The standard InChI is InChI=1S/C32H55N3O4/c1-10-12-13-14-15-16-21-35(30(37)27(22-23(3)4)34-31(38)39-32(7,8)9)28(29(36)33-24(5)6)26-19-17-25(11-2)18-20-26/h17-20,23-24,27-28H,10-16,21-22H2,1-9H3,(H,33,36)(H,34,38). The number of hydrogen-bond donors (Lipinski definition) is 2. The number of carbonyl (C=O) groups is 3. The molecule has 0 saturated heterocycles. The highest BCUT2D eigenvalue weighted by Gasteiger charge is 2.36. The summed E-state index contributed by atoms with van der Waals surface area (Å²) in [5.41, 5.74) is 1.25. The van der Waals surface area contributed by atoms with Gasteiger partial charge in [-0.3, -0.25) is 9.59 Å². The molecule has 0 aliphatic rings. The number of alkyl carbamates (subject to hydrolysis) is 1. The highest BCUT2D eigenvalue weighted by molar-refractivity contribution is 5.92. The average Bonchev–Trinajstić information content (AvgIpc) is 2.82. The lowest BCUT2D eigenvalue weighted by molar-refractivity contribution is -0.143. The van der Waals surface area contributed by atoms with E-state index in [1.54, 1.807) is 25.7 Å². The summed E-state index contributed by atoms with van der Waals surface area (Å²) in [6, 6.07) is 6.26. The van der Waals surface area contributed by atoms with Gasteiger partial charge in [-0.1, -0.05) is 84.1 Å². The number of ether oxygens (including phenoxy) is 1. The van der Waals surface area contributed by atoms with Gasteiger partial charge in [0.05, 0.1) is 0 Å². The Bertz CT molecular complexity index is 874. The molecule has 0 saturated carbocycles. The van der Waals surface area contributed by atoms with Crippen molar-refractivity contribution in [1.82, 2.24) is 15.5 Å². The van der Waals surface area contributed by atoms with Crippen molar-refractivity contribution in [3.05, 3.63) is 35.4 Å². The molecule has 0 bridgehead atoms. The number of unbranched alkanes of at least 4 members (excludes halogenated alkanes) is 5. The van der Waals surface area contributed by atoms with Crippen LogP contribution in [0, 0.1) is 5.92 Å². The molecule has 7 nitrogen and oxygen atoms in total. The van der Waals surface area contributed by atoms with E-state index in [2.05, 4.69) is 24.5 Å². The predicted molar refractivity (Wildman–Crippen MR) is 160 cm³/mol. The van der Waals surface area contributed by atoms with Gasteiger partial charge in [-0.2, -0.15) is 0 Å². The molecule has 222 valence electrons. The van der Waals surface area contributed by atoms with Gasteiger partial charge in [0.25, 0.3) is 0 Å². The van der Waals surface area contributed by atoms with E-state index >= 15 is 0 Å². The van der Waals surface area contributed by atoms with Crippen LogP contribution in [0.1, 0.15) is 124 Å². The van der Waals surface area contributed by atoms with Gasteiger partial charge in [-0.25, -0.2) is 4.79 Å². The Morgan fingerprint density at radius 2 is 1.46 bits per heavy atom. The van der Waals surface area contributed by atoms with Gasteiger partial charge >= 0.3 is 6.09 Å². The van der Waals surface area contributed by atoms with Crippen molar-refractivity contribution in [3.63, 3.8) is 0 Å². The molecule has 0 aromatic heterocycles. The number of nitrogens with one attached hydrogen (secondary N) is 2. The summed E-state index contributed by atoms with van der Waals surface area (Å²) in [4.78, 5) is 42.3. The number of hydrogen-bond acceptors (Lipinski definition) is 4. The molecule has 2 unspecified atom stereocenters. The smallest absolute Gasteiger partial charge is 0.408 e. The van der Waals surface area contributed by atoms with E-state index in [0.717, 1.165) is 37.7 Å². The summed E-state index contributed by atoms with van der Waals surface area (Å²) in [6.07, 6.45) is 7.09. The Labute approximate surface area is 237 Å². The SMILES string of the molecule is CCCCCCCCN(C(=O)C(CC(C)C)NC(=O)OC(C)(C)C)C(C(=O)NC(C)C)c1ccc(CC)cc1. The topological polar surface area (TPSA) is 87.7 Å². The summed E-state index contributed by atoms with van der Waals surface area (Å²) >= 11 is 0. The Balaban J connectivity index is 3.44. The van der Waals surface area contributed by atoms with Crippen molar-refractivity contribution < 1.29 is 19.1 Å². The summed E-state index contributed by atoms with van der Waals surface area (Å²) in [7, 11) is 0. The molecule has 1 rings (SSSR count). The first-order chi connectivity index (χ1) is 18.3. The molecule has 0 radical (unpaired) electrons. The molecule has 0 heterocycles. The molecule has 0 aliphatic carbocycles. The minimum atomic E-state index is -0.802. The predicted octanol–water partition coefficient (Wildman–Crippen LogP) is 6.94. The zero-order valence-corrected chi connectivity index (χ0v) is 26.1. The van der Waals surface area contributed by atoms with E-state index in [-0.39, 0.29) is 23.8 Å². The number of aryl methyl sites for hydroxylation is 1. The van der Waals surface area contributed by atoms with Crippen molar-refractivity contribution in [2.75, 3.05) is 6.54 Å². The van der Waals surface area contributed by atoms with Gasteiger partial charge in [0.1, 0.15) is 17.7 Å². The van der Waals surface area contributed by atoms with E-state index < -0.39 is 23.8 Å². The van der Waals surface area contributed by atoms with Crippen LogP contribution < -0.4 is 10.6 Å². The highest BCUT2D eigenvalue weighted by atomic mass is 16.6. The molecule has 1 aromatic rings. The number of nitrogens with zero attached hydrogens (tertiary/aromatic N) is 1. The van der Waals surface area contributed by atoms with Crippen LogP contribution in [-0.4, -0.2) is 47.0 Å². The van der Waals surface area contributed by atoms with Crippen molar-refractivity contribution in [2.24, 2.45) is 5.92 Å². The first-order valence-corrected chi connectivity index (χ1v) is 15.0. The molecular formula is C32H55N3O4. The van der Waals surface area contributed by atoms with Crippen molar-refractivity contribution >= 4 is 17.9 Å². The fraction of sp³-hybridized carbons (Fsp3) is 0.719. The van der Waals surface area contributed by atoms with Crippen LogP contribution in [-0.2, 0) is 20.7 Å². The lowest BCUT2D eigenvalue weighted by atomic mass is 9.97. The van der Waals surface area contributed by atoms with Crippen LogP contribution in [0.25, 0.3) is 0 Å². The summed E-state index contributed by atoms with van der Waals surface area (Å²) in [5, 5.41) is 5.85. The normalized spacial score (nSPS) is 13.2. The van der Waals surface area contributed by atoms with Gasteiger partial charge in [0.15, 0.2) is 0 Å². The molecule has 0 fully saturated rings. The van der Waals surface area contributed by atoms with Crippen LogP contribution in [0.5, 0.6) is 0 Å². The molecule has 0 aliphatic heterocycles. The van der Waals surface area contributed by atoms with Crippen LogP contribution in [0.15, 0.2) is 24.3 Å². The molecule has 0 spiro atoms. The molecule has 3 amide bonds. The monoisotopic (exact) mass is 545 g/mol. The third-order valence-corrected chi connectivity index (χ3v) is 6.43. The zero-order chi connectivity index (χ0) is 29.6. The molecule has 2 N–H and O–H groups in total. The Morgan fingerprint density at radius 3 is 1.97 bits per heavy atom. The van der Waals surface area contributed by atoms with E-state index in [1.807, 2.05) is 52.0 Å². The largest absolute Gasteiger partial charge is 0.444 e. The summed E-state index contributed by atoms with van der Waals surface area (Å²) in [5.74, 6) is -0.322. The Hall–Kier alpha value is -2.57. The van der Waals surface area contributed by atoms with E-state index in [9.17, 15) is 14.4 Å². The van der Waals surface area contributed by atoms with Crippen LogP contribution in [0.4, 0.5) is 4.79 Å². The number of amides is 3. The van der Waals surface area contributed by atoms with Crippen molar-refractivity contribution in [2.45, 2.75) is 137 Å². The Kier molecular flexibility index (Phi) is 15.2. The second-order valence-corrected chi connectivity index (χ2v) is 12.3. The number of benzene rings is 1. The van der Waals surface area contributed by atoms with Gasteiger partial charge < -0.3 is 20.3 Å². The molecule has 1 aromatic carbocycles. The van der Waals surface area contributed by atoms with Crippen LogP contribution in [0.2, 0.25) is 0 Å². The van der Waals surface area contributed by atoms with Gasteiger partial charge in [0.2, 0.25) is 11.8 Å². The van der Waals surface area contributed by atoms with Crippen LogP contribution in [0.3, 0.4) is 0 Å². The quantitative estimate of drug-likeness (QED) is 0.220. The van der Waals surface area contributed by atoms with Gasteiger partial charge in [0, 0.05) is 12.6 Å². The fourth-order valence-corrected chi connectivity index (χ4v) is 4.54. The maximum absolute atomic E-state index is 14.2. The van der Waals surface area contributed by atoms with Crippen molar-refractivity contribution in [1.29, 1.82) is 0 Å². The third-order valence-electron chi connectivity index (χ3n) is 6.43. The first kappa shape index (κ1) is 34.5. The maximum Gasteiger partial charge on any atom is 0.408 e. The number of rotatable bonds is 16. The minimum Gasteiger partial charge on any atom is -0.444 e. The molecular weight excluding hydrogens is 490 g/mol. The molecule has 2 atom stereocenters. The third kappa shape index (κ3) is 13.4. The highest BCUT2D eigenvalue weighted by Crippen LogP contribution is 2.26. The molecule has 39 heavy (non-hydrogen) atoms. The lowest BCUT2D eigenvalue weighted by Crippen LogP contribution is -2.54. The molecule has 7 heteroatoms. The lowest BCUT2D eigenvalue weighted by Gasteiger charge is -2.35. The summed E-state index contributed by atoms with van der Waals surface area (Å²) < 4.78 is 5.49. The second kappa shape index (κ2) is 17.2. The second-order valence-electron chi connectivity index (χ2n) is 12.3. The maximum atomic E-state index is 14.2. The minimum absolute atomic E-state index is 0.0766. The Morgan fingerprint density at radius 1 is 0.872 bits per heavy atom. The zero-order valence-electron chi connectivity index (χ0n) is 26.1. The van der Waals surface area contributed by atoms with E-state index in [0.29, 0.717) is 13.0 Å². The van der Waals surface area contributed by atoms with Crippen molar-refractivity contribution in [3.8, 4) is 0 Å². The van der Waals surface area contributed by atoms with Crippen LogP contribution >= 0.6 is 0 Å². The van der Waals surface area contributed by atoms with E-state index in [4.69, 9.17) is 4.74 Å². The fourth-order valence-electron chi connectivity index (χ4n) is 4.54. The van der Waals surface area contributed by atoms with Gasteiger partial charge in [-0.05, 0) is 70.9 Å². The first-order valence-electron chi connectivity index (χ1n) is 15.0. The van der Waals surface area contributed by atoms with E-state index in [1.165, 1.54) is 18.4 Å². The number of carbonyl (C=O) groups excluding carboxylic acids is 3. The summed E-state index contributed by atoms with van der Waals surface area (Å²) in [6.45, 7) is 18.0.